The number of anilines is 1. The van der Waals surface area contributed by atoms with E-state index >= 15 is 0 Å². The molecule has 0 bridgehead atoms. The molecule has 1 N–H and O–H groups in total. The van der Waals surface area contributed by atoms with Crippen molar-refractivity contribution in [3.8, 4) is 5.75 Å². The molecule has 100 valence electrons. The number of ether oxygens (including phenoxy) is 1. The molecule has 0 atom stereocenters. The lowest BCUT2D eigenvalue weighted by molar-refractivity contribution is 0.129. The van der Waals surface area contributed by atoms with Crippen LogP contribution in [0.2, 0.25) is 0 Å². The minimum atomic E-state index is -0.178. The molecule has 0 heterocycles. The molecular formula is C17H21NO. The molecule has 0 radical (unpaired) electrons. The topological polar surface area (TPSA) is 21.3 Å². The second-order valence-corrected chi connectivity index (χ2v) is 5.54. The molecule has 2 heteroatoms. The zero-order valence-corrected chi connectivity index (χ0v) is 11.8. The molecule has 0 spiro atoms. The highest BCUT2D eigenvalue weighted by atomic mass is 16.5. The SMILES string of the molecule is CC(C)(C)Oc1ccccc1CNc1ccccc1. The summed E-state index contributed by atoms with van der Waals surface area (Å²) in [4.78, 5) is 0. The molecule has 0 saturated carbocycles. The van der Waals surface area contributed by atoms with E-state index in [2.05, 4.69) is 44.3 Å². The normalized spacial score (nSPS) is 11.1. The maximum absolute atomic E-state index is 5.98. The summed E-state index contributed by atoms with van der Waals surface area (Å²) in [6.07, 6.45) is 0. The monoisotopic (exact) mass is 255 g/mol. The lowest BCUT2D eigenvalue weighted by Crippen LogP contribution is -2.23. The zero-order valence-electron chi connectivity index (χ0n) is 11.8. The van der Waals surface area contributed by atoms with Gasteiger partial charge in [-0.3, -0.25) is 0 Å². The number of nitrogens with one attached hydrogen (secondary N) is 1. The first-order chi connectivity index (χ1) is 9.04. The van der Waals surface area contributed by atoms with Crippen molar-refractivity contribution in [3.63, 3.8) is 0 Å². The van der Waals surface area contributed by atoms with Gasteiger partial charge in [0.1, 0.15) is 11.4 Å². The van der Waals surface area contributed by atoms with Crippen molar-refractivity contribution in [2.75, 3.05) is 5.32 Å². The molecule has 0 amide bonds. The van der Waals surface area contributed by atoms with Crippen LogP contribution >= 0.6 is 0 Å². The third kappa shape index (κ3) is 4.32. The Hall–Kier alpha value is -1.96. The summed E-state index contributed by atoms with van der Waals surface area (Å²) in [5.74, 6) is 0.943. The fourth-order valence-electron chi connectivity index (χ4n) is 1.83. The first kappa shape index (κ1) is 13.5. The standard InChI is InChI=1S/C17H21NO/c1-17(2,3)19-16-12-8-7-9-14(16)13-18-15-10-5-4-6-11-15/h4-12,18H,13H2,1-3H3. The number of benzene rings is 2. The molecule has 2 aromatic carbocycles. The summed E-state index contributed by atoms with van der Waals surface area (Å²) in [6.45, 7) is 6.95. The molecule has 2 rings (SSSR count). The van der Waals surface area contributed by atoms with Crippen LogP contribution in [0.3, 0.4) is 0 Å². The lowest BCUT2D eigenvalue weighted by atomic mass is 10.1. The Morgan fingerprint density at radius 3 is 2.21 bits per heavy atom. The van der Waals surface area contributed by atoms with Crippen LogP contribution in [0.5, 0.6) is 5.75 Å². The molecule has 0 aromatic heterocycles. The van der Waals surface area contributed by atoms with Crippen LogP contribution in [-0.4, -0.2) is 5.60 Å². The van der Waals surface area contributed by atoms with Gasteiger partial charge in [-0.2, -0.15) is 0 Å². The van der Waals surface area contributed by atoms with Crippen molar-refractivity contribution < 1.29 is 4.74 Å². The Morgan fingerprint density at radius 1 is 0.895 bits per heavy atom. The minimum Gasteiger partial charge on any atom is -0.488 e. The fourth-order valence-corrected chi connectivity index (χ4v) is 1.83. The predicted octanol–water partition coefficient (Wildman–Crippen LogP) is 4.48. The molecule has 2 nitrogen and oxygen atoms in total. The summed E-state index contributed by atoms with van der Waals surface area (Å²) < 4.78 is 5.98. The fraction of sp³-hybridized carbons (Fsp3) is 0.294. The maximum atomic E-state index is 5.98. The van der Waals surface area contributed by atoms with E-state index in [0.29, 0.717) is 0 Å². The minimum absolute atomic E-state index is 0.178. The average Bonchev–Trinajstić information content (AvgIpc) is 2.37. The van der Waals surface area contributed by atoms with Crippen LogP contribution in [-0.2, 0) is 6.54 Å². The second-order valence-electron chi connectivity index (χ2n) is 5.54. The zero-order chi connectivity index (χ0) is 13.7. The van der Waals surface area contributed by atoms with Crippen LogP contribution in [0.15, 0.2) is 54.6 Å². The van der Waals surface area contributed by atoms with Gasteiger partial charge in [0.25, 0.3) is 0 Å². The molecular weight excluding hydrogens is 234 g/mol. The van der Waals surface area contributed by atoms with Gasteiger partial charge in [-0.1, -0.05) is 36.4 Å². The van der Waals surface area contributed by atoms with E-state index in [0.717, 1.165) is 18.0 Å². The molecule has 0 unspecified atom stereocenters. The van der Waals surface area contributed by atoms with Crippen molar-refractivity contribution in [3.05, 3.63) is 60.2 Å². The highest BCUT2D eigenvalue weighted by molar-refractivity contribution is 5.45. The Kier molecular flexibility index (Phi) is 4.10. The molecule has 19 heavy (non-hydrogen) atoms. The quantitative estimate of drug-likeness (QED) is 0.870. The lowest BCUT2D eigenvalue weighted by Gasteiger charge is -2.23. The van der Waals surface area contributed by atoms with Crippen LogP contribution in [0.1, 0.15) is 26.3 Å². The van der Waals surface area contributed by atoms with E-state index in [1.165, 1.54) is 5.56 Å². The van der Waals surface area contributed by atoms with Crippen LogP contribution in [0, 0.1) is 0 Å². The average molecular weight is 255 g/mol. The van der Waals surface area contributed by atoms with Crippen LogP contribution < -0.4 is 10.1 Å². The number of rotatable bonds is 4. The van der Waals surface area contributed by atoms with Gasteiger partial charge in [-0.05, 0) is 39.0 Å². The van der Waals surface area contributed by atoms with Gasteiger partial charge in [-0.15, -0.1) is 0 Å². The van der Waals surface area contributed by atoms with Crippen molar-refractivity contribution in [2.45, 2.75) is 32.9 Å². The van der Waals surface area contributed by atoms with E-state index in [1.54, 1.807) is 0 Å². The largest absolute Gasteiger partial charge is 0.488 e. The van der Waals surface area contributed by atoms with Gasteiger partial charge in [0.05, 0.1) is 0 Å². The van der Waals surface area contributed by atoms with Crippen molar-refractivity contribution in [2.24, 2.45) is 0 Å². The van der Waals surface area contributed by atoms with Gasteiger partial charge in [0.2, 0.25) is 0 Å². The molecule has 2 aromatic rings. The van der Waals surface area contributed by atoms with Gasteiger partial charge >= 0.3 is 0 Å². The first-order valence-electron chi connectivity index (χ1n) is 6.60. The smallest absolute Gasteiger partial charge is 0.125 e. The molecule has 0 aliphatic heterocycles. The van der Waals surface area contributed by atoms with E-state index in [4.69, 9.17) is 4.74 Å². The molecule has 0 saturated heterocycles. The predicted molar refractivity (Wildman–Crippen MR) is 80.6 cm³/mol. The van der Waals surface area contributed by atoms with Crippen molar-refractivity contribution in [1.82, 2.24) is 0 Å². The summed E-state index contributed by atoms with van der Waals surface area (Å²) >= 11 is 0. The summed E-state index contributed by atoms with van der Waals surface area (Å²) in [6, 6.07) is 18.4. The van der Waals surface area contributed by atoms with E-state index in [9.17, 15) is 0 Å². The van der Waals surface area contributed by atoms with E-state index < -0.39 is 0 Å². The highest BCUT2D eigenvalue weighted by Crippen LogP contribution is 2.23. The van der Waals surface area contributed by atoms with Gasteiger partial charge < -0.3 is 10.1 Å². The molecule has 0 aliphatic rings. The van der Waals surface area contributed by atoms with Crippen molar-refractivity contribution >= 4 is 5.69 Å². The summed E-state index contributed by atoms with van der Waals surface area (Å²) in [7, 11) is 0. The Labute approximate surface area is 115 Å². The maximum Gasteiger partial charge on any atom is 0.125 e. The van der Waals surface area contributed by atoms with Gasteiger partial charge in [0.15, 0.2) is 0 Å². The second kappa shape index (κ2) is 5.79. The third-order valence-corrected chi connectivity index (χ3v) is 2.65. The summed E-state index contributed by atoms with van der Waals surface area (Å²) in [5.41, 5.74) is 2.11. The Bertz CT molecular complexity index is 514. The van der Waals surface area contributed by atoms with Crippen molar-refractivity contribution in [1.29, 1.82) is 0 Å². The highest BCUT2D eigenvalue weighted by Gasteiger charge is 2.13. The van der Waals surface area contributed by atoms with E-state index in [-0.39, 0.29) is 5.60 Å². The summed E-state index contributed by atoms with van der Waals surface area (Å²) in [5, 5.41) is 3.41. The van der Waals surface area contributed by atoms with Crippen LogP contribution in [0.4, 0.5) is 5.69 Å². The number of hydrogen-bond donors (Lipinski definition) is 1. The first-order valence-corrected chi connectivity index (χ1v) is 6.60. The van der Waals surface area contributed by atoms with E-state index in [1.807, 2.05) is 36.4 Å². The van der Waals surface area contributed by atoms with Gasteiger partial charge in [-0.25, -0.2) is 0 Å². The Morgan fingerprint density at radius 2 is 1.53 bits per heavy atom. The molecule has 0 aliphatic carbocycles. The third-order valence-electron chi connectivity index (χ3n) is 2.65. The molecule has 0 fully saturated rings. The van der Waals surface area contributed by atoms with Gasteiger partial charge in [0, 0.05) is 17.8 Å². The number of para-hydroxylation sites is 2. The van der Waals surface area contributed by atoms with Crippen LogP contribution in [0.25, 0.3) is 0 Å². The Balaban J connectivity index is 2.08. The number of hydrogen-bond acceptors (Lipinski definition) is 2.